The molecule has 0 atom stereocenters. The number of hydrogen-bond donors (Lipinski definition) is 3. The van der Waals surface area contributed by atoms with Gasteiger partial charge >= 0.3 is 5.97 Å². The molecule has 0 saturated heterocycles. The molecule has 0 amide bonds. The maximum absolute atomic E-state index is 11.0. The third-order valence-corrected chi connectivity index (χ3v) is 2.96. The minimum Gasteiger partial charge on any atom is -0.478 e. The zero-order valence-electron chi connectivity index (χ0n) is 8.75. The first-order chi connectivity index (χ1) is 7.77. The topological polar surface area (TPSA) is 118 Å². The lowest BCUT2D eigenvalue weighted by Gasteiger charge is -2.09. The van der Waals surface area contributed by atoms with Gasteiger partial charge in [-0.3, -0.25) is 4.55 Å². The van der Waals surface area contributed by atoms with Crippen LogP contribution in [0.3, 0.4) is 0 Å². The molecule has 0 unspecified atom stereocenters. The van der Waals surface area contributed by atoms with Crippen molar-refractivity contribution in [1.29, 1.82) is 0 Å². The fourth-order valence-electron chi connectivity index (χ4n) is 1.33. The maximum atomic E-state index is 11.0. The van der Waals surface area contributed by atoms with E-state index in [0.29, 0.717) is 0 Å². The highest BCUT2D eigenvalue weighted by molar-refractivity contribution is 7.85. The van der Waals surface area contributed by atoms with Gasteiger partial charge in [0.25, 0.3) is 10.1 Å². The number of hydrogen-bond acceptors (Lipinski definition) is 4. The average Bonchev–Trinajstić information content (AvgIpc) is 2.19. The van der Waals surface area contributed by atoms with Gasteiger partial charge in [-0.2, -0.15) is 8.42 Å². The standard InChI is InChI=1S/C10H11NO5S/c1-2-3-6-4-7(17(14,15)16)5-8(9(6)11)10(12)13/h2,4-5H,1,3,11H2,(H,12,13)(H,14,15,16). The van der Waals surface area contributed by atoms with Crippen molar-refractivity contribution >= 4 is 21.8 Å². The Hall–Kier alpha value is -1.86. The van der Waals surface area contributed by atoms with Gasteiger partial charge in [-0.15, -0.1) is 6.58 Å². The van der Waals surface area contributed by atoms with Gasteiger partial charge in [-0.1, -0.05) is 6.08 Å². The molecular formula is C10H11NO5S. The number of nitrogens with two attached hydrogens (primary N) is 1. The Kier molecular flexibility index (Phi) is 3.54. The highest BCUT2D eigenvalue weighted by atomic mass is 32.2. The molecule has 17 heavy (non-hydrogen) atoms. The van der Waals surface area contributed by atoms with Crippen LogP contribution in [0.4, 0.5) is 5.69 Å². The average molecular weight is 257 g/mol. The fraction of sp³-hybridized carbons (Fsp3) is 0.100. The van der Waals surface area contributed by atoms with Gasteiger partial charge in [0, 0.05) is 5.69 Å². The van der Waals surface area contributed by atoms with Gasteiger partial charge in [-0.05, 0) is 24.1 Å². The second-order valence-corrected chi connectivity index (χ2v) is 4.74. The first kappa shape index (κ1) is 13.2. The summed E-state index contributed by atoms with van der Waals surface area (Å²) in [5, 5.41) is 8.87. The Labute approximate surface area is 98.1 Å². The van der Waals surface area contributed by atoms with Crippen molar-refractivity contribution in [2.24, 2.45) is 0 Å². The number of aromatic carboxylic acids is 1. The number of rotatable bonds is 4. The highest BCUT2D eigenvalue weighted by Gasteiger charge is 2.18. The molecule has 0 bridgehead atoms. The molecule has 92 valence electrons. The van der Waals surface area contributed by atoms with Crippen LogP contribution in [0.2, 0.25) is 0 Å². The Bertz CT molecular complexity index is 577. The minimum atomic E-state index is -4.47. The van der Waals surface area contributed by atoms with E-state index in [0.717, 1.165) is 12.1 Å². The number of carboxylic acid groups (broad SMARTS) is 1. The summed E-state index contributed by atoms with van der Waals surface area (Å²) >= 11 is 0. The zero-order valence-corrected chi connectivity index (χ0v) is 9.57. The van der Waals surface area contributed by atoms with Crippen LogP contribution in [0.15, 0.2) is 29.7 Å². The number of benzene rings is 1. The Morgan fingerprint density at radius 1 is 1.47 bits per heavy atom. The summed E-state index contributed by atoms with van der Waals surface area (Å²) < 4.78 is 30.8. The van der Waals surface area contributed by atoms with Crippen molar-refractivity contribution < 1.29 is 22.9 Å². The number of nitrogen functional groups attached to an aromatic ring is 1. The normalized spacial score (nSPS) is 11.1. The molecule has 7 heteroatoms. The molecule has 1 aromatic rings. The summed E-state index contributed by atoms with van der Waals surface area (Å²) in [6, 6.07) is 1.94. The molecule has 6 nitrogen and oxygen atoms in total. The van der Waals surface area contributed by atoms with E-state index < -0.39 is 21.0 Å². The smallest absolute Gasteiger partial charge is 0.337 e. The van der Waals surface area contributed by atoms with Gasteiger partial charge in [0.2, 0.25) is 0 Å². The lowest BCUT2D eigenvalue weighted by atomic mass is 10.0. The third kappa shape index (κ3) is 2.83. The summed E-state index contributed by atoms with van der Waals surface area (Å²) in [7, 11) is -4.47. The lowest BCUT2D eigenvalue weighted by molar-refractivity contribution is 0.0697. The Morgan fingerprint density at radius 3 is 2.47 bits per heavy atom. The van der Waals surface area contributed by atoms with Crippen molar-refractivity contribution in [1.82, 2.24) is 0 Å². The first-order valence-corrected chi connectivity index (χ1v) is 5.95. The van der Waals surface area contributed by atoms with E-state index in [-0.39, 0.29) is 23.2 Å². The van der Waals surface area contributed by atoms with Crippen molar-refractivity contribution in [3.63, 3.8) is 0 Å². The third-order valence-electron chi connectivity index (χ3n) is 2.13. The number of anilines is 1. The molecule has 1 rings (SSSR count). The lowest BCUT2D eigenvalue weighted by Crippen LogP contribution is -2.09. The van der Waals surface area contributed by atoms with Gasteiger partial charge in [-0.25, -0.2) is 4.79 Å². The van der Waals surface area contributed by atoms with Crippen LogP contribution in [0.5, 0.6) is 0 Å². The second kappa shape index (κ2) is 4.56. The number of carbonyl (C=O) groups is 1. The van der Waals surface area contributed by atoms with Crippen LogP contribution in [-0.4, -0.2) is 24.0 Å². The molecule has 4 N–H and O–H groups in total. The Morgan fingerprint density at radius 2 is 2.06 bits per heavy atom. The van der Waals surface area contributed by atoms with E-state index in [1.165, 1.54) is 6.08 Å². The van der Waals surface area contributed by atoms with Crippen LogP contribution in [0.1, 0.15) is 15.9 Å². The predicted molar refractivity (Wildman–Crippen MR) is 61.5 cm³/mol. The van der Waals surface area contributed by atoms with Crippen LogP contribution in [0, 0.1) is 0 Å². The van der Waals surface area contributed by atoms with E-state index in [1.807, 2.05) is 0 Å². The van der Waals surface area contributed by atoms with Crippen molar-refractivity contribution in [2.75, 3.05) is 5.73 Å². The van der Waals surface area contributed by atoms with E-state index in [9.17, 15) is 13.2 Å². The van der Waals surface area contributed by atoms with Gasteiger partial charge in [0.05, 0.1) is 10.5 Å². The van der Waals surface area contributed by atoms with Crippen molar-refractivity contribution in [3.8, 4) is 0 Å². The second-order valence-electron chi connectivity index (χ2n) is 3.32. The molecule has 0 aliphatic carbocycles. The monoisotopic (exact) mass is 257 g/mol. The van der Waals surface area contributed by atoms with E-state index in [4.69, 9.17) is 15.4 Å². The summed E-state index contributed by atoms with van der Waals surface area (Å²) in [4.78, 5) is 10.4. The highest BCUT2D eigenvalue weighted by Crippen LogP contribution is 2.24. The molecule has 1 aromatic carbocycles. The van der Waals surface area contributed by atoms with Gasteiger partial charge in [0.1, 0.15) is 0 Å². The van der Waals surface area contributed by atoms with Gasteiger partial charge in [0.15, 0.2) is 0 Å². The maximum Gasteiger partial charge on any atom is 0.337 e. The molecule has 0 saturated carbocycles. The largest absolute Gasteiger partial charge is 0.478 e. The summed E-state index contributed by atoms with van der Waals surface area (Å²) in [6.07, 6.45) is 1.65. The molecule has 0 radical (unpaired) electrons. The molecule has 0 fully saturated rings. The SMILES string of the molecule is C=CCc1cc(S(=O)(=O)O)cc(C(=O)O)c1N. The van der Waals surface area contributed by atoms with Crippen LogP contribution >= 0.6 is 0 Å². The fourth-order valence-corrected chi connectivity index (χ4v) is 1.89. The molecule has 0 aliphatic rings. The quantitative estimate of drug-likeness (QED) is 0.419. The summed E-state index contributed by atoms with van der Waals surface area (Å²) in [6.45, 7) is 3.45. The number of allylic oxidation sites excluding steroid dienone is 1. The summed E-state index contributed by atoms with van der Waals surface area (Å²) in [5.41, 5.74) is 5.46. The van der Waals surface area contributed by atoms with E-state index >= 15 is 0 Å². The summed E-state index contributed by atoms with van der Waals surface area (Å²) in [5.74, 6) is -1.36. The molecule has 0 spiro atoms. The molecule has 0 heterocycles. The van der Waals surface area contributed by atoms with Crippen LogP contribution < -0.4 is 5.73 Å². The van der Waals surface area contributed by atoms with E-state index in [1.54, 1.807) is 0 Å². The molecular weight excluding hydrogens is 246 g/mol. The minimum absolute atomic E-state index is 0.0372. The van der Waals surface area contributed by atoms with E-state index in [2.05, 4.69) is 6.58 Å². The molecule has 0 aliphatic heterocycles. The van der Waals surface area contributed by atoms with Crippen molar-refractivity contribution in [3.05, 3.63) is 35.9 Å². The Balaban J connectivity index is 3.58. The predicted octanol–water partition coefficient (Wildman–Crippen LogP) is 0.942. The number of carboxylic acids is 1. The van der Waals surface area contributed by atoms with Gasteiger partial charge < -0.3 is 10.8 Å². The zero-order chi connectivity index (χ0) is 13.2. The molecule has 0 aromatic heterocycles. The van der Waals surface area contributed by atoms with Crippen LogP contribution in [0.25, 0.3) is 0 Å². The first-order valence-electron chi connectivity index (χ1n) is 4.51. The van der Waals surface area contributed by atoms with Crippen LogP contribution in [-0.2, 0) is 16.5 Å². The van der Waals surface area contributed by atoms with Crippen molar-refractivity contribution in [2.45, 2.75) is 11.3 Å².